The largest absolute Gasteiger partial charge is 0.361 e. The van der Waals surface area contributed by atoms with Crippen LogP contribution in [0.5, 0.6) is 0 Å². The van der Waals surface area contributed by atoms with Crippen molar-refractivity contribution in [3.8, 4) is 0 Å². The molecule has 1 saturated carbocycles. The summed E-state index contributed by atoms with van der Waals surface area (Å²) in [5, 5.41) is 6.34. The Bertz CT molecular complexity index is 1260. The van der Waals surface area contributed by atoms with Gasteiger partial charge in [0.25, 0.3) is 0 Å². The van der Waals surface area contributed by atoms with Crippen LogP contribution in [0.15, 0.2) is 78.3 Å². The zero-order chi connectivity index (χ0) is 24.0. The Morgan fingerprint density at radius 3 is 2.51 bits per heavy atom. The lowest BCUT2D eigenvalue weighted by molar-refractivity contribution is -0.141. The van der Waals surface area contributed by atoms with Crippen LogP contribution in [0.3, 0.4) is 0 Å². The number of H-pyrrole nitrogens is 1. The number of amides is 2. The number of aromatic amines is 1. The summed E-state index contributed by atoms with van der Waals surface area (Å²) >= 11 is 1.61. The van der Waals surface area contributed by atoms with E-state index in [1.54, 1.807) is 16.2 Å². The molecule has 0 unspecified atom stereocenters. The zero-order valence-electron chi connectivity index (χ0n) is 19.8. The van der Waals surface area contributed by atoms with Gasteiger partial charge in [0.1, 0.15) is 6.04 Å². The highest BCUT2D eigenvalue weighted by Crippen LogP contribution is 2.28. The molecule has 0 bridgehead atoms. The fourth-order valence-electron chi connectivity index (χ4n) is 5.07. The summed E-state index contributed by atoms with van der Waals surface area (Å²) < 4.78 is 0. The first-order chi connectivity index (χ1) is 17.2. The molecule has 2 amide bonds. The van der Waals surface area contributed by atoms with Crippen LogP contribution in [0, 0.1) is 0 Å². The molecule has 5 rings (SSSR count). The van der Waals surface area contributed by atoms with Crippen LogP contribution in [-0.4, -0.2) is 27.7 Å². The van der Waals surface area contributed by atoms with Crippen LogP contribution >= 0.6 is 11.3 Å². The van der Waals surface area contributed by atoms with Gasteiger partial charge in [-0.05, 0) is 41.5 Å². The summed E-state index contributed by atoms with van der Waals surface area (Å²) in [4.78, 5) is 33.8. The van der Waals surface area contributed by atoms with E-state index in [1.807, 2.05) is 78.3 Å². The predicted octanol–water partition coefficient (Wildman–Crippen LogP) is 5.99. The minimum Gasteiger partial charge on any atom is -0.361 e. The molecular formula is C29H31N3O2S. The van der Waals surface area contributed by atoms with Crippen molar-refractivity contribution in [3.05, 3.63) is 94.3 Å². The summed E-state index contributed by atoms with van der Waals surface area (Å²) in [6.45, 7) is 0.399. The monoisotopic (exact) mass is 485 g/mol. The number of thiophene rings is 1. The predicted molar refractivity (Wildman–Crippen MR) is 141 cm³/mol. The molecule has 0 spiro atoms. The summed E-state index contributed by atoms with van der Waals surface area (Å²) in [5.41, 5.74) is 2.79. The van der Waals surface area contributed by atoms with Crippen molar-refractivity contribution in [3.63, 3.8) is 0 Å². The molecule has 0 radical (unpaired) electrons. The van der Waals surface area contributed by atoms with Crippen molar-refractivity contribution >= 4 is 34.1 Å². The van der Waals surface area contributed by atoms with Crippen LogP contribution in [-0.2, 0) is 22.6 Å². The van der Waals surface area contributed by atoms with E-state index < -0.39 is 6.04 Å². The van der Waals surface area contributed by atoms with Gasteiger partial charge >= 0.3 is 0 Å². The Hall–Kier alpha value is -3.38. The van der Waals surface area contributed by atoms with E-state index in [0.717, 1.165) is 52.6 Å². The molecule has 4 aromatic rings. The highest BCUT2D eigenvalue weighted by molar-refractivity contribution is 7.09. The maximum Gasteiger partial charge on any atom is 0.247 e. The van der Waals surface area contributed by atoms with Crippen LogP contribution in [0.25, 0.3) is 10.9 Å². The van der Waals surface area contributed by atoms with Crippen LogP contribution in [0.1, 0.15) is 54.1 Å². The molecule has 1 aliphatic rings. The highest BCUT2D eigenvalue weighted by atomic mass is 32.1. The third-order valence-corrected chi connectivity index (χ3v) is 7.73. The number of hydrogen-bond donors (Lipinski definition) is 2. The number of carbonyl (C=O) groups excluding carboxylic acids is 2. The van der Waals surface area contributed by atoms with Gasteiger partial charge in [-0.15, -0.1) is 11.3 Å². The molecule has 2 N–H and O–H groups in total. The highest BCUT2D eigenvalue weighted by Gasteiger charge is 2.33. The molecular weight excluding hydrogens is 454 g/mol. The molecule has 35 heavy (non-hydrogen) atoms. The Labute approximate surface area is 210 Å². The molecule has 0 saturated heterocycles. The van der Waals surface area contributed by atoms with Crippen molar-refractivity contribution in [1.29, 1.82) is 0 Å². The van der Waals surface area contributed by atoms with Gasteiger partial charge in [0.2, 0.25) is 11.8 Å². The van der Waals surface area contributed by atoms with Gasteiger partial charge in [-0.25, -0.2) is 0 Å². The number of hydrogen-bond acceptors (Lipinski definition) is 3. The van der Waals surface area contributed by atoms with Crippen molar-refractivity contribution in [2.24, 2.45) is 0 Å². The lowest BCUT2D eigenvalue weighted by Gasteiger charge is -2.33. The van der Waals surface area contributed by atoms with E-state index in [4.69, 9.17) is 0 Å². The quantitative estimate of drug-likeness (QED) is 0.322. The third-order valence-electron chi connectivity index (χ3n) is 6.87. The van der Waals surface area contributed by atoms with Crippen molar-refractivity contribution in [2.75, 3.05) is 0 Å². The summed E-state index contributed by atoms with van der Waals surface area (Å²) in [6.07, 6.45) is 7.64. The van der Waals surface area contributed by atoms with E-state index in [2.05, 4.69) is 10.3 Å². The van der Waals surface area contributed by atoms with Crippen LogP contribution in [0.2, 0.25) is 0 Å². The second kappa shape index (κ2) is 10.9. The summed E-state index contributed by atoms with van der Waals surface area (Å²) in [7, 11) is 0. The fraction of sp³-hybridized carbons (Fsp3) is 0.310. The molecule has 5 nitrogen and oxygen atoms in total. The van der Waals surface area contributed by atoms with Crippen molar-refractivity contribution < 1.29 is 9.59 Å². The molecule has 1 aliphatic carbocycles. The zero-order valence-corrected chi connectivity index (χ0v) is 20.6. The average Bonchev–Trinajstić information content (AvgIpc) is 3.55. The smallest absolute Gasteiger partial charge is 0.247 e. The number of carbonyl (C=O) groups is 2. The number of benzene rings is 2. The molecule has 1 fully saturated rings. The number of aromatic nitrogens is 1. The van der Waals surface area contributed by atoms with E-state index in [0.29, 0.717) is 6.54 Å². The first-order valence-corrected chi connectivity index (χ1v) is 13.3. The minimum absolute atomic E-state index is 0.0594. The van der Waals surface area contributed by atoms with E-state index in [9.17, 15) is 9.59 Å². The van der Waals surface area contributed by atoms with Crippen LogP contribution in [0.4, 0.5) is 0 Å². The first kappa shape index (κ1) is 23.4. The normalized spacial score (nSPS) is 15.1. The van der Waals surface area contributed by atoms with Gasteiger partial charge in [-0.1, -0.05) is 73.9 Å². The lowest BCUT2D eigenvalue weighted by atomic mass is 9.94. The van der Waals surface area contributed by atoms with Crippen molar-refractivity contribution in [1.82, 2.24) is 15.2 Å². The van der Waals surface area contributed by atoms with E-state index in [1.165, 1.54) is 6.42 Å². The molecule has 2 heterocycles. The van der Waals surface area contributed by atoms with Gasteiger partial charge in [0.15, 0.2) is 0 Å². The van der Waals surface area contributed by atoms with Crippen LogP contribution < -0.4 is 5.32 Å². The number of para-hydroxylation sites is 1. The van der Waals surface area contributed by atoms with Gasteiger partial charge in [-0.3, -0.25) is 9.59 Å². The number of rotatable bonds is 8. The van der Waals surface area contributed by atoms with E-state index in [-0.39, 0.29) is 24.3 Å². The maximum absolute atomic E-state index is 13.9. The lowest BCUT2D eigenvalue weighted by Crippen LogP contribution is -2.47. The Morgan fingerprint density at radius 2 is 1.74 bits per heavy atom. The Kier molecular flexibility index (Phi) is 7.28. The fourth-order valence-corrected chi connectivity index (χ4v) is 5.77. The van der Waals surface area contributed by atoms with Gasteiger partial charge in [0, 0.05) is 28.0 Å². The van der Waals surface area contributed by atoms with E-state index >= 15 is 0 Å². The number of nitrogens with zero attached hydrogens (tertiary/aromatic N) is 1. The molecule has 6 heteroatoms. The number of fused-ring (bicyclic) bond motifs is 1. The molecule has 2 aromatic carbocycles. The van der Waals surface area contributed by atoms with Gasteiger partial charge < -0.3 is 15.2 Å². The molecule has 0 aliphatic heterocycles. The first-order valence-electron chi connectivity index (χ1n) is 12.4. The molecule has 1 atom stereocenters. The molecule has 180 valence electrons. The average molecular weight is 486 g/mol. The number of nitrogens with one attached hydrogen (secondary N) is 2. The summed E-state index contributed by atoms with van der Waals surface area (Å²) in [6, 6.07) is 21.2. The Balaban J connectivity index is 1.48. The maximum atomic E-state index is 13.9. The second-order valence-corrected chi connectivity index (χ2v) is 10.3. The summed E-state index contributed by atoms with van der Waals surface area (Å²) in [5.74, 6) is -0.150. The SMILES string of the molecule is O=C(NC1CCCCC1)[C@@H](c1ccccc1)N(Cc1cccs1)C(=O)Cc1c[nH]c2ccccc12. The Morgan fingerprint density at radius 1 is 0.971 bits per heavy atom. The minimum atomic E-state index is -0.682. The second-order valence-electron chi connectivity index (χ2n) is 9.29. The van der Waals surface area contributed by atoms with Gasteiger partial charge in [0.05, 0.1) is 13.0 Å². The molecule has 2 aromatic heterocycles. The third kappa shape index (κ3) is 5.49. The van der Waals surface area contributed by atoms with Gasteiger partial charge in [-0.2, -0.15) is 0 Å². The topological polar surface area (TPSA) is 65.2 Å². The standard InChI is InChI=1S/C29H31N3O2S/c33-27(18-22-19-30-26-16-8-7-15-25(22)26)32(20-24-14-9-17-35-24)28(21-10-3-1-4-11-21)29(34)31-23-12-5-2-6-13-23/h1,3-4,7-11,14-17,19,23,28,30H,2,5-6,12-13,18,20H2,(H,31,34)/t28-/m1/s1. The van der Waals surface area contributed by atoms with Crippen molar-refractivity contribution in [2.45, 2.75) is 57.2 Å².